The molecule has 3 N–H and O–H groups in total. The Labute approximate surface area is 184 Å². The van der Waals surface area contributed by atoms with E-state index in [4.69, 9.17) is 16.9 Å². The van der Waals surface area contributed by atoms with Crippen molar-refractivity contribution in [1.29, 1.82) is 0 Å². The predicted molar refractivity (Wildman–Crippen MR) is 119 cm³/mol. The maximum absolute atomic E-state index is 14.4. The number of anilines is 3. The van der Waals surface area contributed by atoms with Gasteiger partial charge in [-0.25, -0.2) is 23.7 Å². The molecule has 7 nitrogen and oxygen atoms in total. The first-order valence-corrected chi connectivity index (χ1v) is 10.1. The van der Waals surface area contributed by atoms with Crippen LogP contribution in [0.15, 0.2) is 36.7 Å². The van der Waals surface area contributed by atoms with Crippen molar-refractivity contribution in [3.8, 4) is 29.5 Å². The van der Waals surface area contributed by atoms with Crippen LogP contribution in [-0.2, 0) is 0 Å². The number of hydrogen-bond donors (Lipinski definition) is 2. The van der Waals surface area contributed by atoms with Crippen molar-refractivity contribution in [1.82, 2.24) is 15.0 Å². The quantitative estimate of drug-likeness (QED) is 0.592. The summed E-state index contributed by atoms with van der Waals surface area (Å²) in [5, 5.41) is 3.10. The number of aromatic nitrogens is 3. The van der Waals surface area contributed by atoms with Crippen molar-refractivity contribution in [3.05, 3.63) is 53.9 Å². The third kappa shape index (κ3) is 4.45. The fourth-order valence-corrected chi connectivity index (χ4v) is 3.72. The third-order valence-electron chi connectivity index (χ3n) is 5.21. The molecule has 164 valence electrons. The molecule has 1 atom stereocenters. The monoisotopic (exact) mass is 436 g/mol. The molecular weight excluding hydrogens is 414 g/mol. The first-order valence-electron chi connectivity index (χ1n) is 10.1. The molecule has 1 aromatic carbocycles. The molecule has 9 heteroatoms. The summed E-state index contributed by atoms with van der Waals surface area (Å²) in [5.41, 5.74) is 7.63. The van der Waals surface area contributed by atoms with Crippen molar-refractivity contribution in [2.75, 3.05) is 30.4 Å². The molecular formula is C23H22F2N6O. The first kappa shape index (κ1) is 21.5. The lowest BCUT2D eigenvalue weighted by atomic mass is 10.0. The van der Waals surface area contributed by atoms with Gasteiger partial charge >= 0.3 is 0 Å². The number of piperidine rings is 1. The normalized spacial score (nSPS) is 15.8. The molecule has 1 aliphatic heterocycles. The number of benzene rings is 1. The minimum Gasteiger partial charge on any atom is -0.496 e. The molecule has 0 radical (unpaired) electrons. The molecule has 4 rings (SSSR count). The molecule has 1 saturated heterocycles. The fraction of sp³-hybridized carbons (Fsp3) is 0.261. The van der Waals surface area contributed by atoms with Crippen molar-refractivity contribution in [2.24, 2.45) is 5.73 Å². The van der Waals surface area contributed by atoms with Gasteiger partial charge in [0.05, 0.1) is 23.9 Å². The summed E-state index contributed by atoms with van der Waals surface area (Å²) in [4.78, 5) is 15.0. The van der Waals surface area contributed by atoms with Crippen LogP contribution >= 0.6 is 0 Å². The van der Waals surface area contributed by atoms with Gasteiger partial charge in [0.1, 0.15) is 29.0 Å². The Morgan fingerprint density at radius 2 is 2.09 bits per heavy atom. The minimum absolute atomic E-state index is 0.000119. The molecule has 2 aromatic heterocycles. The van der Waals surface area contributed by atoms with Gasteiger partial charge in [-0.05, 0) is 18.9 Å². The molecule has 1 unspecified atom stereocenters. The lowest BCUT2D eigenvalue weighted by Crippen LogP contribution is -2.43. The van der Waals surface area contributed by atoms with Crippen LogP contribution in [0.2, 0.25) is 0 Å². The van der Waals surface area contributed by atoms with E-state index in [2.05, 4.69) is 31.1 Å². The lowest BCUT2D eigenvalue weighted by Gasteiger charge is -2.33. The Morgan fingerprint density at radius 1 is 1.25 bits per heavy atom. The van der Waals surface area contributed by atoms with Crippen molar-refractivity contribution >= 4 is 17.3 Å². The number of nitrogens with zero attached hydrogens (tertiary/aromatic N) is 4. The Morgan fingerprint density at radius 3 is 2.84 bits per heavy atom. The molecule has 0 saturated carbocycles. The van der Waals surface area contributed by atoms with Crippen LogP contribution in [0.25, 0.3) is 11.4 Å². The van der Waals surface area contributed by atoms with E-state index in [1.54, 1.807) is 12.3 Å². The van der Waals surface area contributed by atoms with Crippen molar-refractivity contribution < 1.29 is 13.5 Å². The van der Waals surface area contributed by atoms with Crippen LogP contribution in [0.3, 0.4) is 0 Å². The van der Waals surface area contributed by atoms with Crippen LogP contribution in [0, 0.1) is 24.0 Å². The Kier molecular flexibility index (Phi) is 6.14. The zero-order valence-corrected chi connectivity index (χ0v) is 17.5. The zero-order valence-electron chi connectivity index (χ0n) is 17.5. The summed E-state index contributed by atoms with van der Waals surface area (Å²) in [6.45, 7) is 1.56. The van der Waals surface area contributed by atoms with Crippen LogP contribution in [-0.4, -0.2) is 41.2 Å². The smallest absolute Gasteiger partial charge is 0.168 e. The maximum atomic E-state index is 14.4. The molecule has 0 aliphatic carbocycles. The summed E-state index contributed by atoms with van der Waals surface area (Å²) in [5.74, 6) is 2.03. The number of methoxy groups -OCH3 is 1. The Balaban J connectivity index is 1.65. The largest absolute Gasteiger partial charge is 0.496 e. The SMILES string of the molecule is C#Cc1cnc(Nc2ccnc(-c3c(F)cc(F)cc3OC)n2)cc1N1CCCC(N)C1. The summed E-state index contributed by atoms with van der Waals surface area (Å²) in [7, 11) is 1.32. The van der Waals surface area contributed by atoms with Crippen LogP contribution in [0.4, 0.5) is 26.1 Å². The molecule has 1 fully saturated rings. The van der Waals surface area contributed by atoms with E-state index < -0.39 is 11.6 Å². The van der Waals surface area contributed by atoms with E-state index in [1.807, 2.05) is 6.07 Å². The molecule has 3 heterocycles. The highest BCUT2D eigenvalue weighted by atomic mass is 19.1. The number of nitrogens with one attached hydrogen (secondary N) is 1. The summed E-state index contributed by atoms with van der Waals surface area (Å²) in [6.07, 6.45) is 10.7. The predicted octanol–water partition coefficient (Wildman–Crippen LogP) is 3.48. The van der Waals surface area contributed by atoms with Gasteiger partial charge in [0, 0.05) is 49.7 Å². The fourth-order valence-electron chi connectivity index (χ4n) is 3.72. The number of ether oxygens (including phenoxy) is 1. The molecule has 0 amide bonds. The van der Waals surface area contributed by atoms with E-state index >= 15 is 0 Å². The number of nitrogens with two attached hydrogens (primary N) is 1. The van der Waals surface area contributed by atoms with Gasteiger partial charge in [-0.15, -0.1) is 6.42 Å². The second-order valence-corrected chi connectivity index (χ2v) is 7.43. The van der Waals surface area contributed by atoms with E-state index in [9.17, 15) is 8.78 Å². The molecule has 3 aromatic rings. The topological polar surface area (TPSA) is 89.2 Å². The van der Waals surface area contributed by atoms with E-state index in [0.717, 1.165) is 37.2 Å². The number of pyridine rings is 1. The van der Waals surface area contributed by atoms with E-state index in [-0.39, 0.29) is 23.2 Å². The molecule has 1 aliphatic rings. The van der Waals surface area contributed by atoms with Crippen LogP contribution < -0.4 is 20.7 Å². The zero-order chi connectivity index (χ0) is 22.7. The van der Waals surface area contributed by atoms with Gasteiger partial charge in [0.2, 0.25) is 0 Å². The highest BCUT2D eigenvalue weighted by Gasteiger charge is 2.20. The Hall–Kier alpha value is -3.77. The second kappa shape index (κ2) is 9.16. The first-order chi connectivity index (χ1) is 15.5. The lowest BCUT2D eigenvalue weighted by molar-refractivity contribution is 0.408. The van der Waals surface area contributed by atoms with E-state index in [0.29, 0.717) is 23.7 Å². The van der Waals surface area contributed by atoms with Gasteiger partial charge in [-0.1, -0.05) is 5.92 Å². The third-order valence-corrected chi connectivity index (χ3v) is 5.21. The van der Waals surface area contributed by atoms with Gasteiger partial charge in [0.15, 0.2) is 5.82 Å². The maximum Gasteiger partial charge on any atom is 0.168 e. The standard InChI is InChI=1S/C23H22F2N6O/c1-3-14-12-28-21(11-18(14)31-8-4-5-16(26)13-31)29-20-6-7-27-23(30-20)22-17(25)9-15(24)10-19(22)32-2/h1,6-7,9-12,16H,4-5,8,13,26H2,2H3,(H,27,28,29,30). The minimum atomic E-state index is -0.820. The Bertz CT molecular complexity index is 1180. The van der Waals surface area contributed by atoms with E-state index in [1.165, 1.54) is 13.3 Å². The number of rotatable bonds is 5. The highest BCUT2D eigenvalue weighted by molar-refractivity contribution is 5.69. The summed E-state index contributed by atoms with van der Waals surface area (Å²) >= 11 is 0. The van der Waals surface area contributed by atoms with Gasteiger partial charge in [-0.2, -0.15) is 0 Å². The highest BCUT2D eigenvalue weighted by Crippen LogP contribution is 2.32. The average molecular weight is 436 g/mol. The molecule has 0 spiro atoms. The van der Waals surface area contributed by atoms with Crippen LogP contribution in [0.1, 0.15) is 18.4 Å². The molecule has 32 heavy (non-hydrogen) atoms. The van der Waals surface area contributed by atoms with Crippen LogP contribution in [0.5, 0.6) is 5.75 Å². The van der Waals surface area contributed by atoms with Gasteiger partial charge < -0.3 is 20.7 Å². The number of halogens is 2. The van der Waals surface area contributed by atoms with Crippen molar-refractivity contribution in [3.63, 3.8) is 0 Å². The van der Waals surface area contributed by atoms with Gasteiger partial charge in [0.25, 0.3) is 0 Å². The summed E-state index contributed by atoms with van der Waals surface area (Å²) in [6, 6.07) is 5.39. The van der Waals surface area contributed by atoms with Gasteiger partial charge in [-0.3, -0.25) is 0 Å². The van der Waals surface area contributed by atoms with Crippen molar-refractivity contribution in [2.45, 2.75) is 18.9 Å². The number of terminal acetylenes is 1. The second-order valence-electron chi connectivity index (χ2n) is 7.43. The average Bonchev–Trinajstić information content (AvgIpc) is 2.78. The summed E-state index contributed by atoms with van der Waals surface area (Å²) < 4.78 is 33.1. The molecule has 0 bridgehead atoms. The number of hydrogen-bond acceptors (Lipinski definition) is 7.